The van der Waals surface area contributed by atoms with Crippen molar-refractivity contribution in [2.75, 3.05) is 51.3 Å². The Morgan fingerprint density at radius 1 is 1.24 bits per heavy atom. The van der Waals surface area contributed by atoms with Crippen molar-refractivity contribution in [3.05, 3.63) is 24.3 Å². The number of benzene rings is 1. The lowest BCUT2D eigenvalue weighted by atomic mass is 10.2. The van der Waals surface area contributed by atoms with Crippen LogP contribution in [0.25, 0.3) is 0 Å². The monoisotopic (exact) mass is 239 g/mol. The van der Waals surface area contributed by atoms with Crippen LogP contribution in [0.4, 0.5) is 5.69 Å². The molecule has 17 heavy (non-hydrogen) atoms. The summed E-state index contributed by atoms with van der Waals surface area (Å²) in [5.74, 6) is 0.720. The molecule has 94 valence electrons. The van der Waals surface area contributed by atoms with Crippen LogP contribution in [0.5, 0.6) is 5.75 Å². The predicted octanol–water partition coefficient (Wildman–Crippen LogP) is 1.12. The highest BCUT2D eigenvalue weighted by molar-refractivity contribution is 5.49. The Labute approximate surface area is 107 Å². The van der Waals surface area contributed by atoms with Crippen LogP contribution in [0.15, 0.2) is 24.3 Å². The van der Waals surface area contributed by atoms with Gasteiger partial charge in [-0.2, -0.15) is 0 Å². The summed E-state index contributed by atoms with van der Waals surface area (Å²) in [6.45, 7) is 4.30. The minimum atomic E-state index is -2.35. The van der Waals surface area contributed by atoms with Gasteiger partial charge in [0.1, 0.15) is 12.4 Å². The lowest BCUT2D eigenvalue weighted by Crippen LogP contribution is -2.43. The summed E-state index contributed by atoms with van der Waals surface area (Å²) in [4.78, 5) is 2.32. The Kier molecular flexibility index (Phi) is 3.34. The van der Waals surface area contributed by atoms with E-state index in [2.05, 4.69) is 15.0 Å². The van der Waals surface area contributed by atoms with Gasteiger partial charge in [-0.3, -0.25) is 0 Å². The number of rotatable bonds is 5. The first-order valence-electron chi connectivity index (χ1n) is 7.37. The molecule has 1 aromatic rings. The van der Waals surface area contributed by atoms with E-state index < -0.39 is 7.04 Å². The fraction of sp³-hybridized carbons (Fsp3) is 0.538. The molecule has 2 rings (SSSR count). The molecule has 0 atom stereocenters. The quantitative estimate of drug-likeness (QED) is 0.781. The Morgan fingerprint density at radius 2 is 2.00 bits per heavy atom. The molecule has 0 amide bonds. The molecular weight excluding hydrogens is 216 g/mol. The van der Waals surface area contributed by atoms with E-state index in [1.807, 2.05) is 24.3 Å². The zero-order valence-corrected chi connectivity index (χ0v) is 9.82. The van der Waals surface area contributed by atoms with Gasteiger partial charge < -0.3 is 19.7 Å². The second-order valence-electron chi connectivity index (χ2n) is 3.93. The van der Waals surface area contributed by atoms with Crippen LogP contribution in [-0.4, -0.2) is 46.4 Å². The second kappa shape index (κ2) is 6.47. The highest BCUT2D eigenvalue weighted by Crippen LogP contribution is 2.19. The SMILES string of the molecule is [2H]C([2H])([2H])OCCOc1ccc(N2CCNCC2)cc1. The molecule has 0 bridgehead atoms. The molecule has 1 N–H and O–H groups in total. The number of ether oxygens (including phenoxy) is 2. The lowest BCUT2D eigenvalue weighted by molar-refractivity contribution is 0.146. The molecule has 0 spiro atoms. The van der Waals surface area contributed by atoms with Crippen molar-refractivity contribution in [2.24, 2.45) is 0 Å². The van der Waals surface area contributed by atoms with Gasteiger partial charge in [0.25, 0.3) is 0 Å². The number of methoxy groups -OCH3 is 1. The maximum absolute atomic E-state index is 6.90. The summed E-state index contributed by atoms with van der Waals surface area (Å²) in [5, 5.41) is 3.32. The van der Waals surface area contributed by atoms with Gasteiger partial charge in [-0.05, 0) is 24.3 Å². The van der Waals surface area contributed by atoms with Gasteiger partial charge in [0.15, 0.2) is 0 Å². The maximum Gasteiger partial charge on any atom is 0.119 e. The van der Waals surface area contributed by atoms with E-state index in [0.29, 0.717) is 0 Å². The number of hydrogen-bond acceptors (Lipinski definition) is 4. The van der Waals surface area contributed by atoms with Crippen molar-refractivity contribution in [3.63, 3.8) is 0 Å². The van der Waals surface area contributed by atoms with Crippen molar-refractivity contribution >= 4 is 5.69 Å². The zero-order valence-electron chi connectivity index (χ0n) is 12.8. The van der Waals surface area contributed by atoms with E-state index in [9.17, 15) is 0 Å². The lowest BCUT2D eigenvalue weighted by Gasteiger charge is -2.29. The second-order valence-corrected chi connectivity index (χ2v) is 3.93. The highest BCUT2D eigenvalue weighted by Gasteiger charge is 2.09. The molecule has 1 aliphatic heterocycles. The smallest absolute Gasteiger partial charge is 0.119 e. The minimum Gasteiger partial charge on any atom is -0.491 e. The summed E-state index contributed by atoms with van der Waals surface area (Å²) in [5.41, 5.74) is 1.18. The van der Waals surface area contributed by atoms with Crippen LogP contribution in [0.1, 0.15) is 4.11 Å². The Balaban J connectivity index is 1.76. The molecule has 0 aliphatic carbocycles. The van der Waals surface area contributed by atoms with Gasteiger partial charge in [-0.1, -0.05) is 0 Å². The van der Waals surface area contributed by atoms with Crippen molar-refractivity contribution in [2.45, 2.75) is 0 Å². The van der Waals surface area contributed by atoms with Crippen molar-refractivity contribution < 1.29 is 13.6 Å². The van der Waals surface area contributed by atoms with Gasteiger partial charge >= 0.3 is 0 Å². The molecule has 4 heteroatoms. The number of nitrogens with zero attached hydrogens (tertiary/aromatic N) is 1. The third-order valence-electron chi connectivity index (χ3n) is 2.77. The van der Waals surface area contributed by atoms with E-state index in [0.717, 1.165) is 31.9 Å². The molecule has 1 fully saturated rings. The van der Waals surface area contributed by atoms with Crippen LogP contribution in [-0.2, 0) is 4.74 Å². The summed E-state index contributed by atoms with van der Waals surface area (Å²) in [6, 6.07) is 7.83. The van der Waals surface area contributed by atoms with E-state index in [4.69, 9.17) is 8.85 Å². The van der Waals surface area contributed by atoms with E-state index in [1.165, 1.54) is 5.69 Å². The number of hydrogen-bond donors (Lipinski definition) is 1. The summed E-state index contributed by atoms with van der Waals surface area (Å²) < 4.78 is 30.8. The van der Waals surface area contributed by atoms with Gasteiger partial charge in [0.05, 0.1) is 10.7 Å². The average molecular weight is 239 g/mol. The van der Waals surface area contributed by atoms with Gasteiger partial charge in [-0.15, -0.1) is 0 Å². The molecule has 0 unspecified atom stereocenters. The topological polar surface area (TPSA) is 33.7 Å². The van der Waals surface area contributed by atoms with E-state index >= 15 is 0 Å². The largest absolute Gasteiger partial charge is 0.491 e. The summed E-state index contributed by atoms with van der Waals surface area (Å²) in [6.07, 6.45) is 0. The molecule has 0 radical (unpaired) electrons. The normalized spacial score (nSPS) is 19.3. The molecule has 0 saturated carbocycles. The molecule has 1 aromatic carbocycles. The van der Waals surface area contributed by atoms with Crippen molar-refractivity contribution in [1.29, 1.82) is 0 Å². The Bertz CT molecular complexity index is 403. The molecular formula is C13H20N2O2. The minimum absolute atomic E-state index is 0.0516. The first kappa shape index (κ1) is 8.78. The van der Waals surface area contributed by atoms with Gasteiger partial charge in [-0.25, -0.2) is 0 Å². The number of piperazine rings is 1. The Morgan fingerprint density at radius 3 is 2.71 bits per heavy atom. The van der Waals surface area contributed by atoms with Gasteiger partial charge in [0, 0.05) is 38.9 Å². The molecule has 1 heterocycles. The maximum atomic E-state index is 6.90. The van der Waals surface area contributed by atoms with Gasteiger partial charge in [0.2, 0.25) is 0 Å². The third kappa shape index (κ3) is 3.61. The standard InChI is InChI=1S/C13H20N2O2/c1-16-10-11-17-13-4-2-12(3-5-13)15-8-6-14-7-9-15/h2-5,14H,6-11H2,1H3/i1D3. The van der Waals surface area contributed by atoms with E-state index in [-0.39, 0.29) is 13.2 Å². The zero-order chi connectivity index (χ0) is 14.4. The fourth-order valence-electron chi connectivity index (χ4n) is 1.88. The fourth-order valence-corrected chi connectivity index (χ4v) is 1.88. The molecule has 4 nitrogen and oxygen atoms in total. The number of nitrogens with one attached hydrogen (secondary N) is 1. The molecule has 0 aromatic heterocycles. The van der Waals surface area contributed by atoms with Crippen molar-refractivity contribution in [3.8, 4) is 5.75 Å². The molecule has 1 aliphatic rings. The van der Waals surface area contributed by atoms with Crippen LogP contribution >= 0.6 is 0 Å². The third-order valence-corrected chi connectivity index (χ3v) is 2.77. The van der Waals surface area contributed by atoms with Crippen LogP contribution in [0.2, 0.25) is 0 Å². The highest BCUT2D eigenvalue weighted by atomic mass is 16.5. The first-order valence-corrected chi connectivity index (χ1v) is 5.87. The van der Waals surface area contributed by atoms with Crippen LogP contribution in [0.3, 0.4) is 0 Å². The predicted molar refractivity (Wildman–Crippen MR) is 68.9 cm³/mol. The van der Waals surface area contributed by atoms with Crippen LogP contribution in [0, 0.1) is 0 Å². The van der Waals surface area contributed by atoms with Crippen molar-refractivity contribution in [1.82, 2.24) is 5.32 Å². The van der Waals surface area contributed by atoms with Crippen LogP contribution < -0.4 is 15.0 Å². The molecule has 1 saturated heterocycles. The Hall–Kier alpha value is -1.26. The van der Waals surface area contributed by atoms with E-state index in [1.54, 1.807) is 0 Å². The first-order chi connectivity index (χ1) is 9.54. The summed E-state index contributed by atoms with van der Waals surface area (Å²) >= 11 is 0. The summed E-state index contributed by atoms with van der Waals surface area (Å²) in [7, 11) is -2.35. The average Bonchev–Trinajstić information content (AvgIpc) is 2.44. The number of anilines is 1.